The van der Waals surface area contributed by atoms with E-state index in [1.54, 1.807) is 41.0 Å². The number of carboxylic acid groups (broad SMARTS) is 1. The van der Waals surface area contributed by atoms with Gasteiger partial charge in [0, 0.05) is 36.6 Å². The van der Waals surface area contributed by atoms with Crippen LogP contribution >= 0.6 is 11.6 Å². The number of benzene rings is 2. The quantitative estimate of drug-likeness (QED) is 0.435. The van der Waals surface area contributed by atoms with Crippen molar-refractivity contribution in [2.75, 3.05) is 18.0 Å². The number of halogens is 1. The highest BCUT2D eigenvalue weighted by Crippen LogP contribution is 2.50. The van der Waals surface area contributed by atoms with Gasteiger partial charge in [0.15, 0.2) is 14.6 Å². The Balaban J connectivity index is 1.45. The largest absolute Gasteiger partial charge is 0.480 e. The zero-order valence-corrected chi connectivity index (χ0v) is 22.6. The van der Waals surface area contributed by atoms with Crippen LogP contribution in [0.25, 0.3) is 10.9 Å². The average Bonchev–Trinajstić information content (AvgIpc) is 3.67. The third-order valence-corrected chi connectivity index (χ3v) is 11.1. The van der Waals surface area contributed by atoms with Gasteiger partial charge in [-0.2, -0.15) is 0 Å². The average molecular weight is 558 g/mol. The van der Waals surface area contributed by atoms with Crippen LogP contribution in [0.1, 0.15) is 42.6 Å². The zero-order valence-electron chi connectivity index (χ0n) is 21.0. The number of hydrogen-bond donors (Lipinski definition) is 2. The first-order valence-corrected chi connectivity index (χ1v) is 14.2. The van der Waals surface area contributed by atoms with Crippen LogP contribution in [0.5, 0.6) is 0 Å². The Kier molecular flexibility index (Phi) is 6.30. The SMILES string of the molecule is CC(C)(C(=O)O)S(=O)(=O)C1(CN2CCn3c(=O)c(C(=O)NCc4ccc(Cl)cc4)cc4cccc2c43)CC1. The molecule has 0 atom stereocenters. The van der Waals surface area contributed by atoms with Crippen LogP contribution in [0.4, 0.5) is 5.69 Å². The van der Waals surface area contributed by atoms with E-state index in [1.807, 2.05) is 17.0 Å². The molecule has 200 valence electrons. The maximum atomic E-state index is 13.4. The molecule has 1 saturated carbocycles. The molecular weight excluding hydrogens is 530 g/mol. The highest BCUT2D eigenvalue weighted by atomic mass is 35.5. The number of nitrogens with zero attached hydrogens (tertiary/aromatic N) is 2. The first kappa shape index (κ1) is 26.2. The number of amides is 1. The van der Waals surface area contributed by atoms with E-state index in [1.165, 1.54) is 13.8 Å². The zero-order chi connectivity index (χ0) is 27.5. The second kappa shape index (κ2) is 9.13. The van der Waals surface area contributed by atoms with Gasteiger partial charge < -0.3 is 19.9 Å². The van der Waals surface area contributed by atoms with Crippen molar-refractivity contribution in [3.8, 4) is 0 Å². The molecule has 1 fully saturated rings. The van der Waals surface area contributed by atoms with E-state index >= 15 is 0 Å². The van der Waals surface area contributed by atoms with E-state index in [2.05, 4.69) is 5.32 Å². The van der Waals surface area contributed by atoms with Gasteiger partial charge in [-0.25, -0.2) is 8.42 Å². The molecule has 5 rings (SSSR count). The Hall–Kier alpha value is -3.37. The Morgan fingerprint density at radius 1 is 1.11 bits per heavy atom. The van der Waals surface area contributed by atoms with E-state index < -0.39 is 36.8 Å². The van der Waals surface area contributed by atoms with Crippen LogP contribution in [0, 0.1) is 0 Å². The molecule has 38 heavy (non-hydrogen) atoms. The maximum Gasteiger partial charge on any atom is 0.324 e. The predicted molar refractivity (Wildman–Crippen MR) is 146 cm³/mol. The molecule has 2 aromatic carbocycles. The van der Waals surface area contributed by atoms with Gasteiger partial charge in [-0.15, -0.1) is 0 Å². The number of carboxylic acids is 1. The smallest absolute Gasteiger partial charge is 0.324 e. The number of hydrogen-bond acceptors (Lipinski definition) is 6. The molecule has 3 aromatic rings. The third kappa shape index (κ3) is 4.16. The molecular formula is C27H28ClN3O6S. The maximum absolute atomic E-state index is 13.4. The molecule has 11 heteroatoms. The molecule has 0 spiro atoms. The van der Waals surface area contributed by atoms with Gasteiger partial charge in [-0.1, -0.05) is 35.9 Å². The van der Waals surface area contributed by atoms with E-state index in [9.17, 15) is 27.9 Å². The van der Waals surface area contributed by atoms with Crippen LogP contribution in [-0.4, -0.2) is 52.6 Å². The Morgan fingerprint density at radius 3 is 2.42 bits per heavy atom. The second-order valence-electron chi connectivity index (χ2n) is 10.5. The topological polar surface area (TPSA) is 126 Å². The second-order valence-corrected chi connectivity index (χ2v) is 13.8. The summed E-state index contributed by atoms with van der Waals surface area (Å²) in [5.41, 5.74) is 1.77. The Morgan fingerprint density at radius 2 is 1.79 bits per heavy atom. The molecule has 0 radical (unpaired) electrons. The van der Waals surface area contributed by atoms with Crippen molar-refractivity contribution >= 4 is 49.9 Å². The molecule has 0 unspecified atom stereocenters. The highest BCUT2D eigenvalue weighted by molar-refractivity contribution is 7.95. The lowest BCUT2D eigenvalue weighted by Crippen LogP contribution is -2.52. The van der Waals surface area contributed by atoms with Crippen LogP contribution in [0.3, 0.4) is 0 Å². The fraction of sp³-hybridized carbons (Fsp3) is 0.370. The lowest BCUT2D eigenvalue weighted by molar-refractivity contribution is -0.139. The number of aliphatic carboxylic acids is 1. The van der Waals surface area contributed by atoms with Crippen LogP contribution in [0.2, 0.25) is 5.02 Å². The number of aromatic nitrogens is 1. The molecule has 1 aliphatic carbocycles. The first-order valence-electron chi connectivity index (χ1n) is 12.3. The number of para-hydroxylation sites is 1. The van der Waals surface area contributed by atoms with Crippen molar-refractivity contribution in [3.05, 3.63) is 75.0 Å². The first-order chi connectivity index (χ1) is 17.9. The monoisotopic (exact) mass is 557 g/mol. The van der Waals surface area contributed by atoms with Crippen LogP contribution in [0.15, 0.2) is 53.3 Å². The molecule has 2 heterocycles. The fourth-order valence-corrected chi connectivity index (χ4v) is 7.50. The van der Waals surface area contributed by atoms with Gasteiger partial charge in [-0.3, -0.25) is 14.4 Å². The number of rotatable bonds is 8. The van der Waals surface area contributed by atoms with E-state index in [0.29, 0.717) is 41.0 Å². The molecule has 2 N–H and O–H groups in total. The molecule has 2 aliphatic rings. The molecule has 1 aliphatic heterocycles. The summed E-state index contributed by atoms with van der Waals surface area (Å²) in [6.07, 6.45) is 0.774. The molecule has 9 nitrogen and oxygen atoms in total. The third-order valence-electron chi connectivity index (χ3n) is 7.68. The van der Waals surface area contributed by atoms with Crippen molar-refractivity contribution in [2.45, 2.75) is 49.3 Å². The normalized spacial score (nSPS) is 16.3. The summed E-state index contributed by atoms with van der Waals surface area (Å²) in [4.78, 5) is 40.0. The highest BCUT2D eigenvalue weighted by Gasteiger charge is 2.62. The van der Waals surface area contributed by atoms with Gasteiger partial charge in [0.25, 0.3) is 11.5 Å². The fourth-order valence-electron chi connectivity index (χ4n) is 5.10. The summed E-state index contributed by atoms with van der Waals surface area (Å²) < 4.78 is 25.3. The van der Waals surface area contributed by atoms with Gasteiger partial charge in [0.05, 0.1) is 16.0 Å². The summed E-state index contributed by atoms with van der Waals surface area (Å²) in [5.74, 6) is -1.86. The molecule has 1 amide bonds. The van der Waals surface area contributed by atoms with Gasteiger partial charge in [-0.05, 0) is 56.5 Å². The number of carbonyl (C=O) groups excluding carboxylic acids is 1. The van der Waals surface area contributed by atoms with Crippen molar-refractivity contribution in [1.29, 1.82) is 0 Å². The van der Waals surface area contributed by atoms with Crippen LogP contribution in [-0.2, 0) is 27.7 Å². The minimum atomic E-state index is -4.00. The van der Waals surface area contributed by atoms with Crippen molar-refractivity contribution in [1.82, 2.24) is 9.88 Å². The number of sulfone groups is 1. The minimum absolute atomic E-state index is 0.0292. The van der Waals surface area contributed by atoms with Gasteiger partial charge >= 0.3 is 5.97 Å². The lowest BCUT2D eigenvalue weighted by atomic mass is 10.1. The standard InChI is InChI=1S/C27H28ClN3O6S/c1-26(2,25(34)35)38(36,37)27(10-11-27)16-30-12-13-31-22-18(4-3-5-21(22)30)14-20(24(31)33)23(32)29-15-17-6-8-19(28)9-7-17/h3-9,14H,10-13,15-16H2,1-2H3,(H,29,32)(H,34,35). The number of carbonyl (C=O) groups is 2. The van der Waals surface area contributed by atoms with Gasteiger partial charge in [0.2, 0.25) is 0 Å². The summed E-state index contributed by atoms with van der Waals surface area (Å²) in [6, 6.07) is 14.0. The summed E-state index contributed by atoms with van der Waals surface area (Å²) in [7, 11) is -4.00. The molecule has 1 aromatic heterocycles. The molecule has 0 bridgehead atoms. The van der Waals surface area contributed by atoms with E-state index in [4.69, 9.17) is 11.6 Å². The summed E-state index contributed by atoms with van der Waals surface area (Å²) >= 11 is 5.91. The minimum Gasteiger partial charge on any atom is -0.480 e. The summed E-state index contributed by atoms with van der Waals surface area (Å²) in [5, 5.41) is 13.6. The molecule has 0 saturated heterocycles. The van der Waals surface area contributed by atoms with Crippen molar-refractivity contribution in [2.24, 2.45) is 0 Å². The Labute approximate surface area is 224 Å². The van der Waals surface area contributed by atoms with Gasteiger partial charge in [0.1, 0.15) is 5.56 Å². The Bertz CT molecular complexity index is 1620. The van der Waals surface area contributed by atoms with Crippen LogP contribution < -0.4 is 15.8 Å². The number of nitrogens with one attached hydrogen (secondary N) is 1. The predicted octanol–water partition coefficient (Wildman–Crippen LogP) is 3.22. The lowest BCUT2D eigenvalue weighted by Gasteiger charge is -2.36. The van der Waals surface area contributed by atoms with E-state index in [0.717, 1.165) is 5.56 Å². The number of pyridine rings is 1. The van der Waals surface area contributed by atoms with Crippen molar-refractivity contribution < 1.29 is 23.1 Å². The van der Waals surface area contributed by atoms with E-state index in [-0.39, 0.29) is 25.2 Å². The van der Waals surface area contributed by atoms with Crippen molar-refractivity contribution in [3.63, 3.8) is 0 Å². The summed E-state index contributed by atoms with van der Waals surface area (Å²) in [6.45, 7) is 3.47. The number of anilines is 1.